The van der Waals surface area contributed by atoms with Gasteiger partial charge in [-0.1, -0.05) is 6.92 Å². The quantitative estimate of drug-likeness (QED) is 0.875. The van der Waals surface area contributed by atoms with Crippen LogP contribution in [0.3, 0.4) is 0 Å². The molecule has 5 nitrogen and oxygen atoms in total. The molecule has 1 aliphatic heterocycles. The molecule has 1 saturated carbocycles. The second-order valence-corrected chi connectivity index (χ2v) is 6.66. The summed E-state index contributed by atoms with van der Waals surface area (Å²) in [6.45, 7) is 4.22. The van der Waals surface area contributed by atoms with E-state index in [0.717, 1.165) is 36.0 Å². The summed E-state index contributed by atoms with van der Waals surface area (Å²) in [5.41, 5.74) is 1.26. The molecule has 0 spiro atoms. The van der Waals surface area contributed by atoms with Crippen LogP contribution in [-0.2, 0) is 19.5 Å². The van der Waals surface area contributed by atoms with E-state index in [-0.39, 0.29) is 5.91 Å². The molecule has 2 aromatic rings. The largest absolute Gasteiger partial charge is 0.329 e. The van der Waals surface area contributed by atoms with E-state index >= 15 is 0 Å². The molecule has 0 saturated heterocycles. The average Bonchev–Trinajstić information content (AvgIpc) is 3.10. The van der Waals surface area contributed by atoms with E-state index in [9.17, 15) is 4.79 Å². The van der Waals surface area contributed by atoms with Crippen LogP contribution < -0.4 is 0 Å². The van der Waals surface area contributed by atoms with Gasteiger partial charge in [-0.2, -0.15) is 0 Å². The summed E-state index contributed by atoms with van der Waals surface area (Å²) in [5.74, 6) is 2.72. The Morgan fingerprint density at radius 1 is 1.38 bits per heavy atom. The van der Waals surface area contributed by atoms with E-state index in [4.69, 9.17) is 0 Å². The zero-order valence-electron chi connectivity index (χ0n) is 12.1. The van der Waals surface area contributed by atoms with Crippen LogP contribution in [0.15, 0.2) is 11.4 Å². The fourth-order valence-electron chi connectivity index (χ4n) is 3.01. The first-order valence-electron chi connectivity index (χ1n) is 7.55. The maximum atomic E-state index is 12.8. The SMILES string of the molecule is CCc1nnc2n1CCN(C(=O)c1sccc1C1CC1)C2. The predicted octanol–water partition coefficient (Wildman–Crippen LogP) is 2.44. The van der Waals surface area contributed by atoms with Crippen LogP contribution in [0, 0.1) is 0 Å². The first-order valence-corrected chi connectivity index (χ1v) is 8.43. The molecule has 0 radical (unpaired) electrons. The van der Waals surface area contributed by atoms with Crippen molar-refractivity contribution in [3.8, 4) is 0 Å². The minimum Gasteiger partial charge on any atom is -0.329 e. The molecule has 3 heterocycles. The number of carbonyl (C=O) groups excluding carboxylic acids is 1. The summed E-state index contributed by atoms with van der Waals surface area (Å²) in [5, 5.41) is 10.5. The second-order valence-electron chi connectivity index (χ2n) is 5.74. The van der Waals surface area contributed by atoms with Crippen molar-refractivity contribution in [1.29, 1.82) is 0 Å². The van der Waals surface area contributed by atoms with Crippen LogP contribution >= 0.6 is 11.3 Å². The molecule has 21 heavy (non-hydrogen) atoms. The van der Waals surface area contributed by atoms with Crippen LogP contribution in [0.5, 0.6) is 0 Å². The van der Waals surface area contributed by atoms with Gasteiger partial charge in [0.1, 0.15) is 5.82 Å². The standard InChI is InChI=1S/C15H18N4OS/c1-2-12-16-17-13-9-18(6-7-19(12)13)15(20)14-11(5-8-21-14)10-3-4-10/h5,8,10H,2-4,6-7,9H2,1H3. The fourth-order valence-corrected chi connectivity index (χ4v) is 3.96. The monoisotopic (exact) mass is 302 g/mol. The van der Waals surface area contributed by atoms with Gasteiger partial charge in [-0.05, 0) is 35.8 Å². The Bertz CT molecular complexity index is 686. The van der Waals surface area contributed by atoms with Gasteiger partial charge in [0.2, 0.25) is 0 Å². The molecular weight excluding hydrogens is 284 g/mol. The summed E-state index contributed by atoms with van der Waals surface area (Å²) in [7, 11) is 0. The molecule has 4 rings (SSSR count). The van der Waals surface area contributed by atoms with E-state index in [1.807, 2.05) is 10.3 Å². The maximum absolute atomic E-state index is 12.8. The molecule has 2 aromatic heterocycles. The van der Waals surface area contributed by atoms with Crippen molar-refractivity contribution in [3.05, 3.63) is 33.5 Å². The summed E-state index contributed by atoms with van der Waals surface area (Å²) in [4.78, 5) is 15.6. The molecule has 0 aromatic carbocycles. The van der Waals surface area contributed by atoms with Crippen molar-refractivity contribution in [2.45, 2.75) is 45.2 Å². The Hall–Kier alpha value is -1.69. The molecule has 0 N–H and O–H groups in total. The Kier molecular flexibility index (Phi) is 3.06. The normalized spacial score (nSPS) is 17.9. The van der Waals surface area contributed by atoms with Crippen molar-refractivity contribution in [2.75, 3.05) is 6.54 Å². The molecular formula is C15H18N4OS. The lowest BCUT2D eigenvalue weighted by Gasteiger charge is -2.27. The Balaban J connectivity index is 1.57. The van der Waals surface area contributed by atoms with Crippen LogP contribution in [0.25, 0.3) is 0 Å². The van der Waals surface area contributed by atoms with Gasteiger partial charge >= 0.3 is 0 Å². The molecule has 6 heteroatoms. The van der Waals surface area contributed by atoms with Gasteiger partial charge in [-0.3, -0.25) is 4.79 Å². The number of nitrogens with zero attached hydrogens (tertiary/aromatic N) is 4. The molecule has 2 aliphatic rings. The molecule has 110 valence electrons. The predicted molar refractivity (Wildman–Crippen MR) is 80.4 cm³/mol. The zero-order chi connectivity index (χ0) is 14.4. The topological polar surface area (TPSA) is 51.0 Å². The van der Waals surface area contributed by atoms with Crippen molar-refractivity contribution in [1.82, 2.24) is 19.7 Å². The highest BCUT2D eigenvalue weighted by atomic mass is 32.1. The minimum absolute atomic E-state index is 0.166. The van der Waals surface area contributed by atoms with E-state index in [1.54, 1.807) is 11.3 Å². The maximum Gasteiger partial charge on any atom is 0.264 e. The number of carbonyl (C=O) groups is 1. The Morgan fingerprint density at radius 3 is 3.00 bits per heavy atom. The molecule has 0 bridgehead atoms. The van der Waals surface area contributed by atoms with Gasteiger partial charge in [0.15, 0.2) is 5.82 Å². The third-order valence-electron chi connectivity index (χ3n) is 4.34. The van der Waals surface area contributed by atoms with E-state index in [1.165, 1.54) is 18.4 Å². The lowest BCUT2D eigenvalue weighted by atomic mass is 10.1. The number of amides is 1. The van der Waals surface area contributed by atoms with Gasteiger partial charge in [-0.25, -0.2) is 0 Å². The number of thiophene rings is 1. The van der Waals surface area contributed by atoms with Crippen LogP contribution in [-0.4, -0.2) is 32.1 Å². The second kappa shape index (κ2) is 4.94. The summed E-state index contributed by atoms with van der Waals surface area (Å²) in [6.07, 6.45) is 3.34. The van der Waals surface area contributed by atoms with E-state index in [0.29, 0.717) is 12.5 Å². The first kappa shape index (κ1) is 13.0. The molecule has 1 amide bonds. The highest BCUT2D eigenvalue weighted by molar-refractivity contribution is 7.12. The van der Waals surface area contributed by atoms with Gasteiger partial charge < -0.3 is 9.47 Å². The fraction of sp³-hybridized carbons (Fsp3) is 0.533. The van der Waals surface area contributed by atoms with Gasteiger partial charge in [0, 0.05) is 19.5 Å². The lowest BCUT2D eigenvalue weighted by Crippen LogP contribution is -2.38. The third-order valence-corrected chi connectivity index (χ3v) is 5.26. The molecule has 0 unspecified atom stereocenters. The van der Waals surface area contributed by atoms with Crippen LogP contribution in [0.2, 0.25) is 0 Å². The Labute approximate surface area is 127 Å². The third kappa shape index (κ3) is 2.18. The number of fused-ring (bicyclic) bond motifs is 1. The Morgan fingerprint density at radius 2 is 2.24 bits per heavy atom. The summed E-state index contributed by atoms with van der Waals surface area (Å²) >= 11 is 1.58. The van der Waals surface area contributed by atoms with Crippen LogP contribution in [0.4, 0.5) is 0 Å². The molecule has 1 aliphatic carbocycles. The summed E-state index contributed by atoms with van der Waals surface area (Å²) in [6, 6.07) is 2.12. The van der Waals surface area contributed by atoms with Crippen molar-refractivity contribution < 1.29 is 4.79 Å². The number of aromatic nitrogens is 3. The van der Waals surface area contributed by atoms with Gasteiger partial charge in [-0.15, -0.1) is 21.5 Å². The smallest absolute Gasteiger partial charge is 0.264 e. The minimum atomic E-state index is 0.166. The number of aryl methyl sites for hydroxylation is 1. The average molecular weight is 302 g/mol. The van der Waals surface area contributed by atoms with Crippen molar-refractivity contribution >= 4 is 17.2 Å². The van der Waals surface area contributed by atoms with Gasteiger partial charge in [0.05, 0.1) is 11.4 Å². The number of rotatable bonds is 3. The summed E-state index contributed by atoms with van der Waals surface area (Å²) < 4.78 is 2.15. The highest BCUT2D eigenvalue weighted by Crippen LogP contribution is 2.43. The van der Waals surface area contributed by atoms with Crippen molar-refractivity contribution in [2.24, 2.45) is 0 Å². The highest BCUT2D eigenvalue weighted by Gasteiger charge is 2.32. The van der Waals surface area contributed by atoms with E-state index in [2.05, 4.69) is 27.8 Å². The zero-order valence-corrected chi connectivity index (χ0v) is 12.9. The van der Waals surface area contributed by atoms with Gasteiger partial charge in [0.25, 0.3) is 5.91 Å². The van der Waals surface area contributed by atoms with Crippen LogP contribution in [0.1, 0.15) is 52.6 Å². The first-order chi connectivity index (χ1) is 10.3. The molecule has 1 fully saturated rings. The number of hydrogen-bond acceptors (Lipinski definition) is 4. The molecule has 0 atom stereocenters. The number of hydrogen-bond donors (Lipinski definition) is 0. The lowest BCUT2D eigenvalue weighted by molar-refractivity contribution is 0.0710. The van der Waals surface area contributed by atoms with E-state index < -0.39 is 0 Å². The van der Waals surface area contributed by atoms with Crippen molar-refractivity contribution in [3.63, 3.8) is 0 Å².